The summed E-state index contributed by atoms with van der Waals surface area (Å²) in [6, 6.07) is 12.1. The van der Waals surface area contributed by atoms with Crippen LogP contribution in [0.2, 0.25) is 0 Å². The average molecular weight is 341 g/mol. The zero-order chi connectivity index (χ0) is 17.8. The van der Waals surface area contributed by atoms with E-state index in [9.17, 15) is 14.0 Å². The van der Waals surface area contributed by atoms with E-state index in [0.717, 1.165) is 10.9 Å². The minimum Gasteiger partial charge on any atom is -0.484 e. The lowest BCUT2D eigenvalue weighted by molar-refractivity contribution is -0.118. The number of fused-ring (bicyclic) bond motifs is 1. The molecular formula is C19H16FNO4. The second kappa shape index (κ2) is 7.17. The largest absolute Gasteiger partial charge is 0.484 e. The van der Waals surface area contributed by atoms with Crippen molar-refractivity contribution >= 4 is 22.6 Å². The minimum atomic E-state index is -0.435. The van der Waals surface area contributed by atoms with E-state index in [1.165, 1.54) is 24.3 Å². The number of hydrogen-bond acceptors (Lipinski definition) is 4. The quantitative estimate of drug-likeness (QED) is 0.721. The Balaban J connectivity index is 1.70. The molecule has 0 aliphatic rings. The summed E-state index contributed by atoms with van der Waals surface area (Å²) in [7, 11) is 0. The van der Waals surface area contributed by atoms with Crippen LogP contribution in [0, 0.1) is 5.82 Å². The molecule has 3 aromatic rings. The molecule has 1 heterocycles. The Morgan fingerprint density at radius 2 is 2.04 bits per heavy atom. The number of rotatable bonds is 5. The van der Waals surface area contributed by atoms with Crippen molar-refractivity contribution in [3.8, 4) is 5.75 Å². The number of ether oxygens (including phenoxy) is 1. The molecule has 3 rings (SSSR count). The Kier molecular flexibility index (Phi) is 4.79. The first-order valence-electron chi connectivity index (χ1n) is 7.80. The van der Waals surface area contributed by atoms with Gasteiger partial charge in [0.2, 0.25) is 0 Å². The third kappa shape index (κ3) is 4.03. The molecule has 6 heteroatoms. The van der Waals surface area contributed by atoms with Crippen molar-refractivity contribution in [1.29, 1.82) is 0 Å². The SMILES string of the molecule is CCc1cc(=O)oc2cc(OCC(=O)Nc3cccc(F)c3)ccc12. The highest BCUT2D eigenvalue weighted by atomic mass is 19.1. The van der Waals surface area contributed by atoms with E-state index in [2.05, 4.69) is 5.32 Å². The molecule has 0 saturated carbocycles. The topological polar surface area (TPSA) is 68.5 Å². The minimum absolute atomic E-state index is 0.250. The van der Waals surface area contributed by atoms with Crippen LogP contribution in [-0.4, -0.2) is 12.5 Å². The Morgan fingerprint density at radius 3 is 2.80 bits per heavy atom. The number of aryl methyl sites for hydroxylation is 1. The fraction of sp³-hybridized carbons (Fsp3) is 0.158. The van der Waals surface area contributed by atoms with E-state index in [1.807, 2.05) is 6.92 Å². The molecule has 1 aromatic heterocycles. The molecule has 0 atom stereocenters. The van der Waals surface area contributed by atoms with Gasteiger partial charge >= 0.3 is 5.63 Å². The fourth-order valence-electron chi connectivity index (χ4n) is 2.50. The molecule has 0 radical (unpaired) electrons. The molecule has 5 nitrogen and oxygen atoms in total. The van der Waals surface area contributed by atoms with Gasteiger partial charge in [-0.1, -0.05) is 13.0 Å². The molecule has 0 fully saturated rings. The van der Waals surface area contributed by atoms with Gasteiger partial charge < -0.3 is 14.5 Å². The van der Waals surface area contributed by atoms with E-state index in [4.69, 9.17) is 9.15 Å². The Hall–Kier alpha value is -3.15. The van der Waals surface area contributed by atoms with Crippen molar-refractivity contribution in [3.05, 3.63) is 70.3 Å². The maximum atomic E-state index is 13.1. The van der Waals surface area contributed by atoms with Gasteiger partial charge in [-0.05, 0) is 42.3 Å². The van der Waals surface area contributed by atoms with E-state index >= 15 is 0 Å². The van der Waals surface area contributed by atoms with Gasteiger partial charge in [0, 0.05) is 23.2 Å². The lowest BCUT2D eigenvalue weighted by Gasteiger charge is -2.09. The van der Waals surface area contributed by atoms with E-state index < -0.39 is 17.3 Å². The summed E-state index contributed by atoms with van der Waals surface area (Å²) in [5.41, 5.74) is 1.23. The molecule has 0 unspecified atom stereocenters. The first-order valence-corrected chi connectivity index (χ1v) is 7.80. The van der Waals surface area contributed by atoms with Crippen LogP contribution in [0.1, 0.15) is 12.5 Å². The van der Waals surface area contributed by atoms with Gasteiger partial charge in [0.15, 0.2) is 6.61 Å². The van der Waals surface area contributed by atoms with E-state index in [-0.39, 0.29) is 6.61 Å². The molecule has 0 aliphatic heterocycles. The van der Waals surface area contributed by atoms with Gasteiger partial charge in [-0.3, -0.25) is 4.79 Å². The number of carbonyl (C=O) groups excluding carboxylic acids is 1. The summed E-state index contributed by atoms with van der Waals surface area (Å²) in [5.74, 6) is -0.456. The molecule has 2 aromatic carbocycles. The first kappa shape index (κ1) is 16.7. The highest BCUT2D eigenvalue weighted by molar-refractivity contribution is 5.92. The first-order chi connectivity index (χ1) is 12.0. The van der Waals surface area contributed by atoms with Crippen LogP contribution in [0.15, 0.2) is 57.7 Å². The number of benzene rings is 2. The fourth-order valence-corrected chi connectivity index (χ4v) is 2.50. The highest BCUT2D eigenvalue weighted by Gasteiger charge is 2.08. The van der Waals surface area contributed by atoms with Gasteiger partial charge in [-0.15, -0.1) is 0 Å². The normalized spacial score (nSPS) is 10.6. The van der Waals surface area contributed by atoms with Crippen molar-refractivity contribution in [1.82, 2.24) is 0 Å². The average Bonchev–Trinajstić information content (AvgIpc) is 2.58. The van der Waals surface area contributed by atoms with Gasteiger partial charge in [0.1, 0.15) is 17.1 Å². The van der Waals surface area contributed by atoms with E-state index in [0.29, 0.717) is 23.4 Å². The molecule has 0 spiro atoms. The van der Waals surface area contributed by atoms with Gasteiger partial charge in [-0.25, -0.2) is 9.18 Å². The lowest BCUT2D eigenvalue weighted by atomic mass is 10.1. The predicted octanol–water partition coefficient (Wildman–Crippen LogP) is 3.51. The summed E-state index contributed by atoms with van der Waals surface area (Å²) in [4.78, 5) is 23.5. The number of hydrogen-bond donors (Lipinski definition) is 1. The molecule has 1 amide bonds. The van der Waals surface area contributed by atoms with Crippen LogP contribution in [-0.2, 0) is 11.2 Å². The summed E-state index contributed by atoms with van der Waals surface area (Å²) in [5, 5.41) is 3.37. The van der Waals surface area contributed by atoms with Crippen molar-refractivity contribution in [2.75, 3.05) is 11.9 Å². The van der Waals surface area contributed by atoms with Crippen LogP contribution < -0.4 is 15.7 Å². The lowest BCUT2D eigenvalue weighted by Crippen LogP contribution is -2.20. The summed E-state index contributed by atoms with van der Waals surface area (Å²) >= 11 is 0. The number of carbonyl (C=O) groups is 1. The molecule has 0 aliphatic carbocycles. The Bertz CT molecular complexity index is 981. The number of halogens is 1. The number of nitrogens with one attached hydrogen (secondary N) is 1. The Labute approximate surface area is 143 Å². The second-order valence-corrected chi connectivity index (χ2v) is 5.45. The van der Waals surface area contributed by atoms with Gasteiger partial charge in [-0.2, -0.15) is 0 Å². The van der Waals surface area contributed by atoms with Crippen molar-refractivity contribution in [2.24, 2.45) is 0 Å². The maximum Gasteiger partial charge on any atom is 0.336 e. The maximum absolute atomic E-state index is 13.1. The van der Waals surface area contributed by atoms with Crippen molar-refractivity contribution < 1.29 is 18.3 Å². The summed E-state index contributed by atoms with van der Waals surface area (Å²) < 4.78 is 23.7. The monoisotopic (exact) mass is 341 g/mol. The molecule has 25 heavy (non-hydrogen) atoms. The second-order valence-electron chi connectivity index (χ2n) is 5.45. The zero-order valence-electron chi connectivity index (χ0n) is 13.5. The number of amides is 1. The van der Waals surface area contributed by atoms with Crippen molar-refractivity contribution in [2.45, 2.75) is 13.3 Å². The smallest absolute Gasteiger partial charge is 0.336 e. The van der Waals surface area contributed by atoms with Crippen LogP contribution in [0.5, 0.6) is 5.75 Å². The third-order valence-corrected chi connectivity index (χ3v) is 3.66. The van der Waals surface area contributed by atoms with Gasteiger partial charge in [0.25, 0.3) is 5.91 Å². The molecule has 0 bridgehead atoms. The number of anilines is 1. The zero-order valence-corrected chi connectivity index (χ0v) is 13.5. The summed E-state index contributed by atoms with van der Waals surface area (Å²) in [6.45, 7) is 1.70. The van der Waals surface area contributed by atoms with E-state index in [1.54, 1.807) is 24.3 Å². The molecule has 128 valence electrons. The van der Waals surface area contributed by atoms with Crippen LogP contribution in [0.3, 0.4) is 0 Å². The van der Waals surface area contributed by atoms with Crippen molar-refractivity contribution in [3.63, 3.8) is 0 Å². The Morgan fingerprint density at radius 1 is 1.20 bits per heavy atom. The van der Waals surface area contributed by atoms with Crippen LogP contribution in [0.25, 0.3) is 11.0 Å². The van der Waals surface area contributed by atoms with Crippen LogP contribution >= 0.6 is 0 Å². The third-order valence-electron chi connectivity index (χ3n) is 3.66. The highest BCUT2D eigenvalue weighted by Crippen LogP contribution is 2.23. The predicted molar refractivity (Wildman–Crippen MR) is 92.4 cm³/mol. The van der Waals surface area contributed by atoms with Gasteiger partial charge in [0.05, 0.1) is 0 Å². The summed E-state index contributed by atoms with van der Waals surface area (Å²) in [6.07, 6.45) is 0.707. The molecular weight excluding hydrogens is 325 g/mol. The van der Waals surface area contributed by atoms with Crippen LogP contribution in [0.4, 0.5) is 10.1 Å². The molecule has 0 saturated heterocycles. The standard InChI is InChI=1S/C19H16FNO4/c1-2-12-8-19(23)25-17-10-15(6-7-16(12)17)24-11-18(22)21-14-5-3-4-13(20)9-14/h3-10H,2,11H2,1H3,(H,21,22). The molecule has 1 N–H and O–H groups in total.